The highest BCUT2D eigenvalue weighted by atomic mass is 32.2. The standard InChI is InChI=1S/C22H37N3OS/c1-6-16(2)24-21(26)18-9-13-19(14-10-18)23-15-17-7-11-20(12-8-17)25-27-22(3,4)5/h9-10,13-14,16-17,20,23,25H,6-8,11-12,15H2,1-5H3,(H,24,26). The molecule has 1 atom stereocenters. The van der Waals surface area contributed by atoms with E-state index >= 15 is 0 Å². The highest BCUT2D eigenvalue weighted by Crippen LogP contribution is 2.28. The molecule has 1 amide bonds. The molecule has 0 heterocycles. The molecule has 1 aliphatic rings. The first kappa shape index (κ1) is 22.1. The number of amides is 1. The zero-order chi connectivity index (χ0) is 19.9. The van der Waals surface area contributed by atoms with Crippen molar-refractivity contribution in [1.82, 2.24) is 10.0 Å². The molecule has 0 aliphatic heterocycles. The van der Waals surface area contributed by atoms with Gasteiger partial charge < -0.3 is 10.6 Å². The lowest BCUT2D eigenvalue weighted by molar-refractivity contribution is 0.0939. The van der Waals surface area contributed by atoms with E-state index in [1.54, 1.807) is 0 Å². The molecule has 1 fully saturated rings. The van der Waals surface area contributed by atoms with E-state index in [0.29, 0.717) is 6.04 Å². The Morgan fingerprint density at radius 2 is 1.78 bits per heavy atom. The van der Waals surface area contributed by atoms with Gasteiger partial charge in [0, 0.05) is 34.6 Å². The van der Waals surface area contributed by atoms with Gasteiger partial charge in [0.25, 0.3) is 5.91 Å². The first-order valence-corrected chi connectivity index (χ1v) is 11.2. The number of carbonyl (C=O) groups excluding carboxylic acids is 1. The fourth-order valence-corrected chi connectivity index (χ4v) is 3.91. The molecule has 0 spiro atoms. The number of rotatable bonds is 8. The molecule has 27 heavy (non-hydrogen) atoms. The molecule has 1 aromatic carbocycles. The molecule has 0 aromatic heterocycles. The Balaban J connectivity index is 1.71. The van der Waals surface area contributed by atoms with Crippen LogP contribution in [0.4, 0.5) is 5.69 Å². The van der Waals surface area contributed by atoms with Crippen molar-refractivity contribution in [3.8, 4) is 0 Å². The Morgan fingerprint density at radius 3 is 2.33 bits per heavy atom. The van der Waals surface area contributed by atoms with Crippen molar-refractivity contribution < 1.29 is 4.79 Å². The summed E-state index contributed by atoms with van der Waals surface area (Å²) < 4.78 is 3.92. The van der Waals surface area contributed by atoms with E-state index in [2.05, 4.69) is 43.1 Å². The van der Waals surface area contributed by atoms with E-state index in [0.717, 1.165) is 30.1 Å². The van der Waals surface area contributed by atoms with Crippen LogP contribution in [0.5, 0.6) is 0 Å². The molecule has 0 saturated heterocycles. The summed E-state index contributed by atoms with van der Waals surface area (Å²) in [5, 5.41) is 6.55. The predicted molar refractivity (Wildman–Crippen MR) is 118 cm³/mol. The van der Waals surface area contributed by atoms with Crippen molar-refractivity contribution in [2.75, 3.05) is 11.9 Å². The minimum atomic E-state index is 0.00912. The Kier molecular flexibility index (Phi) is 8.49. The maximum absolute atomic E-state index is 12.1. The van der Waals surface area contributed by atoms with Gasteiger partial charge in [0.1, 0.15) is 0 Å². The van der Waals surface area contributed by atoms with E-state index in [9.17, 15) is 4.79 Å². The molecular weight excluding hydrogens is 354 g/mol. The molecular formula is C22H37N3OS. The largest absolute Gasteiger partial charge is 0.385 e. The van der Waals surface area contributed by atoms with E-state index in [1.165, 1.54) is 25.7 Å². The van der Waals surface area contributed by atoms with Crippen LogP contribution in [0.3, 0.4) is 0 Å². The number of carbonyl (C=O) groups is 1. The monoisotopic (exact) mass is 391 g/mol. The molecule has 1 saturated carbocycles. The van der Waals surface area contributed by atoms with Gasteiger partial charge in [-0.25, -0.2) is 0 Å². The Morgan fingerprint density at radius 1 is 1.15 bits per heavy atom. The third-order valence-corrected chi connectivity index (χ3v) is 6.17. The van der Waals surface area contributed by atoms with Crippen LogP contribution in [-0.4, -0.2) is 29.3 Å². The SMILES string of the molecule is CCC(C)NC(=O)c1ccc(NCC2CCC(NSC(C)(C)C)CC2)cc1. The summed E-state index contributed by atoms with van der Waals surface area (Å²) >= 11 is 1.86. The van der Waals surface area contributed by atoms with Crippen molar-refractivity contribution in [1.29, 1.82) is 0 Å². The maximum atomic E-state index is 12.1. The normalized spacial score (nSPS) is 21.5. The molecule has 5 heteroatoms. The average Bonchev–Trinajstić information content (AvgIpc) is 2.65. The van der Waals surface area contributed by atoms with Crippen LogP contribution < -0.4 is 15.4 Å². The van der Waals surface area contributed by atoms with E-state index in [-0.39, 0.29) is 16.7 Å². The average molecular weight is 392 g/mol. The topological polar surface area (TPSA) is 53.2 Å². The summed E-state index contributed by atoms with van der Waals surface area (Å²) in [4.78, 5) is 12.1. The van der Waals surface area contributed by atoms with Gasteiger partial charge in [-0.2, -0.15) is 0 Å². The first-order chi connectivity index (χ1) is 12.8. The molecule has 1 unspecified atom stereocenters. The highest BCUT2D eigenvalue weighted by molar-refractivity contribution is 7.98. The van der Waals surface area contributed by atoms with Crippen LogP contribution in [0.25, 0.3) is 0 Å². The van der Waals surface area contributed by atoms with Crippen molar-refractivity contribution in [2.45, 2.75) is 83.6 Å². The van der Waals surface area contributed by atoms with Gasteiger partial charge in [-0.3, -0.25) is 9.52 Å². The van der Waals surface area contributed by atoms with Gasteiger partial charge in [-0.05, 0) is 90.0 Å². The molecule has 1 aliphatic carbocycles. The molecule has 1 aromatic rings. The predicted octanol–water partition coefficient (Wildman–Crippen LogP) is 5.22. The number of nitrogens with one attached hydrogen (secondary N) is 3. The van der Waals surface area contributed by atoms with Gasteiger partial charge >= 0.3 is 0 Å². The van der Waals surface area contributed by atoms with E-state index in [4.69, 9.17) is 0 Å². The number of anilines is 1. The molecule has 4 nitrogen and oxygen atoms in total. The zero-order valence-corrected chi connectivity index (χ0v) is 18.4. The lowest BCUT2D eigenvalue weighted by atomic mass is 9.86. The van der Waals surface area contributed by atoms with E-state index in [1.807, 2.05) is 43.1 Å². The van der Waals surface area contributed by atoms with Crippen molar-refractivity contribution in [3.63, 3.8) is 0 Å². The van der Waals surface area contributed by atoms with Crippen LogP contribution in [0, 0.1) is 5.92 Å². The minimum absolute atomic E-state index is 0.00912. The smallest absolute Gasteiger partial charge is 0.251 e. The lowest BCUT2D eigenvalue weighted by Crippen LogP contribution is -2.33. The zero-order valence-electron chi connectivity index (χ0n) is 17.6. The Labute approximate surface area is 169 Å². The van der Waals surface area contributed by atoms with Crippen molar-refractivity contribution in [2.24, 2.45) is 5.92 Å². The van der Waals surface area contributed by atoms with Gasteiger partial charge in [0.15, 0.2) is 0 Å². The highest BCUT2D eigenvalue weighted by Gasteiger charge is 2.22. The maximum Gasteiger partial charge on any atom is 0.251 e. The third-order valence-electron chi connectivity index (χ3n) is 5.11. The minimum Gasteiger partial charge on any atom is -0.385 e. The summed E-state index contributed by atoms with van der Waals surface area (Å²) in [6, 6.07) is 8.70. The summed E-state index contributed by atoms with van der Waals surface area (Å²) in [5.74, 6) is 0.742. The quantitative estimate of drug-likeness (QED) is 0.532. The fourth-order valence-electron chi connectivity index (χ4n) is 3.16. The molecule has 152 valence electrons. The van der Waals surface area contributed by atoms with Crippen LogP contribution in [0.2, 0.25) is 0 Å². The third kappa shape index (κ3) is 8.14. The summed E-state index contributed by atoms with van der Waals surface area (Å²) in [6.45, 7) is 11.9. The van der Waals surface area contributed by atoms with Crippen LogP contribution in [0.15, 0.2) is 24.3 Å². The summed E-state index contributed by atoms with van der Waals surface area (Å²) in [6.07, 6.45) is 5.99. The number of benzene rings is 1. The molecule has 0 radical (unpaired) electrons. The number of hydrogen-bond acceptors (Lipinski definition) is 4. The Hall–Kier alpha value is -1.20. The first-order valence-electron chi connectivity index (χ1n) is 10.3. The van der Waals surface area contributed by atoms with E-state index < -0.39 is 0 Å². The molecule has 0 bridgehead atoms. The van der Waals surface area contributed by atoms with Gasteiger partial charge in [-0.1, -0.05) is 18.9 Å². The Bertz CT molecular complexity index is 574. The van der Waals surface area contributed by atoms with Crippen molar-refractivity contribution in [3.05, 3.63) is 29.8 Å². The second-order valence-corrected chi connectivity index (χ2v) is 10.5. The molecule has 2 rings (SSSR count). The van der Waals surface area contributed by atoms with Crippen molar-refractivity contribution >= 4 is 23.5 Å². The van der Waals surface area contributed by atoms with Crippen LogP contribution >= 0.6 is 11.9 Å². The molecule has 3 N–H and O–H groups in total. The van der Waals surface area contributed by atoms with Gasteiger partial charge in [0.2, 0.25) is 0 Å². The number of hydrogen-bond donors (Lipinski definition) is 3. The van der Waals surface area contributed by atoms with Gasteiger partial charge in [0.05, 0.1) is 0 Å². The van der Waals surface area contributed by atoms with Gasteiger partial charge in [-0.15, -0.1) is 0 Å². The lowest BCUT2D eigenvalue weighted by Gasteiger charge is -2.31. The van der Waals surface area contributed by atoms with Crippen LogP contribution in [0.1, 0.15) is 77.1 Å². The summed E-state index contributed by atoms with van der Waals surface area (Å²) in [5.41, 5.74) is 1.82. The van der Waals surface area contributed by atoms with Crippen LogP contribution in [-0.2, 0) is 0 Å². The second kappa shape index (κ2) is 10.4. The second-order valence-electron chi connectivity index (χ2n) is 8.79. The fraction of sp³-hybridized carbons (Fsp3) is 0.682. The summed E-state index contributed by atoms with van der Waals surface area (Å²) in [7, 11) is 0.